The maximum atomic E-state index is 13.8. The van der Waals surface area contributed by atoms with Gasteiger partial charge in [-0.25, -0.2) is 8.42 Å². The zero-order valence-electron chi connectivity index (χ0n) is 18.8. The third-order valence-corrected chi connectivity index (χ3v) is 8.65. The van der Waals surface area contributed by atoms with E-state index in [4.69, 9.17) is 27.9 Å². The maximum Gasteiger partial charge on any atom is 0.248 e. The second kappa shape index (κ2) is 9.73. The van der Waals surface area contributed by atoms with Gasteiger partial charge in [0.25, 0.3) is 0 Å². The molecule has 0 bridgehead atoms. The van der Waals surface area contributed by atoms with Crippen molar-refractivity contribution in [2.75, 3.05) is 26.7 Å². The van der Waals surface area contributed by atoms with E-state index >= 15 is 0 Å². The van der Waals surface area contributed by atoms with Gasteiger partial charge in [-0.05, 0) is 42.8 Å². The number of methoxy groups -OCH3 is 1. The van der Waals surface area contributed by atoms with E-state index in [0.29, 0.717) is 11.6 Å². The molecule has 2 aromatic carbocycles. The summed E-state index contributed by atoms with van der Waals surface area (Å²) in [5.74, 6) is -0.302. The molecule has 2 saturated heterocycles. The van der Waals surface area contributed by atoms with Crippen molar-refractivity contribution in [1.82, 2.24) is 14.1 Å². The summed E-state index contributed by atoms with van der Waals surface area (Å²) in [6, 6.07) is 10.6. The number of likely N-dealkylation sites (N-methyl/N-ethyl adjacent to an activating group) is 1. The van der Waals surface area contributed by atoms with Crippen LogP contribution in [0.3, 0.4) is 0 Å². The van der Waals surface area contributed by atoms with Gasteiger partial charge in [0.15, 0.2) is 0 Å². The molecule has 11 heteroatoms. The molecule has 2 amide bonds. The molecule has 2 aromatic rings. The van der Waals surface area contributed by atoms with Gasteiger partial charge in [-0.15, -0.1) is 0 Å². The van der Waals surface area contributed by atoms with Crippen LogP contribution in [0, 0.1) is 0 Å². The first kappa shape index (κ1) is 24.8. The maximum absolute atomic E-state index is 13.8. The van der Waals surface area contributed by atoms with Crippen molar-refractivity contribution in [2.24, 2.45) is 0 Å². The first-order chi connectivity index (χ1) is 16.2. The topological polar surface area (TPSA) is 87.2 Å². The SMILES string of the molecule is CCN1CC2N(C(=O)CCN2S(=O)(=O)c2cc(Cl)ccc2OC)C(Cc2ccc(Cl)cc2)C1=O. The van der Waals surface area contributed by atoms with Gasteiger partial charge in [0.05, 0.1) is 13.7 Å². The Labute approximate surface area is 209 Å². The van der Waals surface area contributed by atoms with Gasteiger partial charge < -0.3 is 14.5 Å². The summed E-state index contributed by atoms with van der Waals surface area (Å²) >= 11 is 12.1. The van der Waals surface area contributed by atoms with Crippen LogP contribution in [0.4, 0.5) is 0 Å². The third kappa shape index (κ3) is 4.49. The average molecular weight is 526 g/mol. The highest BCUT2D eigenvalue weighted by Crippen LogP contribution is 2.35. The molecule has 4 rings (SSSR count). The number of benzene rings is 2. The molecule has 0 saturated carbocycles. The molecule has 0 spiro atoms. The standard InChI is InChI=1S/C23H25Cl2N3O5S/c1-3-26-14-21-27(34(31,32)20-13-17(25)8-9-19(20)33-2)11-10-22(29)28(21)18(23(26)30)12-15-4-6-16(24)7-5-15/h4-9,13,18,21H,3,10-12,14H2,1-2H3. The molecular weight excluding hydrogens is 501 g/mol. The monoisotopic (exact) mass is 525 g/mol. The fraction of sp³-hybridized carbons (Fsp3) is 0.391. The summed E-state index contributed by atoms with van der Waals surface area (Å²) in [7, 11) is -2.71. The molecule has 2 heterocycles. The van der Waals surface area contributed by atoms with Crippen LogP contribution in [0.25, 0.3) is 0 Å². The Bertz CT molecular complexity index is 1210. The minimum Gasteiger partial charge on any atom is -0.495 e. The van der Waals surface area contributed by atoms with Crippen molar-refractivity contribution in [1.29, 1.82) is 0 Å². The van der Waals surface area contributed by atoms with Crippen LogP contribution in [-0.2, 0) is 26.0 Å². The smallest absolute Gasteiger partial charge is 0.248 e. The largest absolute Gasteiger partial charge is 0.495 e. The zero-order chi connectivity index (χ0) is 24.6. The first-order valence-corrected chi connectivity index (χ1v) is 13.1. The molecule has 2 atom stereocenters. The van der Waals surface area contributed by atoms with Crippen LogP contribution in [0.5, 0.6) is 5.75 Å². The predicted molar refractivity (Wildman–Crippen MR) is 128 cm³/mol. The summed E-state index contributed by atoms with van der Waals surface area (Å²) in [6.07, 6.45) is -0.622. The van der Waals surface area contributed by atoms with Crippen LogP contribution >= 0.6 is 23.2 Å². The molecule has 34 heavy (non-hydrogen) atoms. The number of hydrogen-bond donors (Lipinski definition) is 0. The summed E-state index contributed by atoms with van der Waals surface area (Å²) in [5, 5.41) is 0.813. The lowest BCUT2D eigenvalue weighted by Gasteiger charge is -2.51. The molecule has 2 aliphatic heterocycles. The summed E-state index contributed by atoms with van der Waals surface area (Å²) < 4.78 is 34.1. The molecule has 0 radical (unpaired) electrons. The Morgan fingerprint density at radius 1 is 1.06 bits per heavy atom. The lowest BCUT2D eigenvalue weighted by atomic mass is 9.98. The number of ether oxygens (including phenoxy) is 1. The number of carbonyl (C=O) groups is 2. The van der Waals surface area contributed by atoms with Gasteiger partial charge in [0.2, 0.25) is 21.8 Å². The molecule has 0 aliphatic carbocycles. The minimum absolute atomic E-state index is 0.00257. The van der Waals surface area contributed by atoms with E-state index < -0.39 is 22.2 Å². The van der Waals surface area contributed by atoms with E-state index in [1.165, 1.54) is 28.4 Å². The van der Waals surface area contributed by atoms with Crippen LogP contribution in [-0.4, -0.2) is 73.3 Å². The third-order valence-electron chi connectivity index (χ3n) is 6.24. The second-order valence-corrected chi connectivity index (χ2v) is 10.9. The Balaban J connectivity index is 1.75. The Kier molecular flexibility index (Phi) is 7.09. The Hall–Kier alpha value is -2.33. The summed E-state index contributed by atoms with van der Waals surface area (Å²) in [4.78, 5) is 29.3. The van der Waals surface area contributed by atoms with Crippen LogP contribution < -0.4 is 4.74 Å². The van der Waals surface area contributed by atoms with Crippen LogP contribution in [0.2, 0.25) is 10.0 Å². The molecule has 8 nitrogen and oxygen atoms in total. The van der Waals surface area contributed by atoms with Crippen molar-refractivity contribution in [3.63, 3.8) is 0 Å². The fourth-order valence-electron chi connectivity index (χ4n) is 4.54. The minimum atomic E-state index is -4.10. The molecule has 0 N–H and O–H groups in total. The molecular formula is C23H25Cl2N3O5S. The molecule has 2 fully saturated rings. The molecule has 2 aliphatic rings. The van der Waals surface area contributed by atoms with Crippen LogP contribution in [0.15, 0.2) is 47.4 Å². The number of amides is 2. The van der Waals surface area contributed by atoms with Crippen LogP contribution in [0.1, 0.15) is 18.9 Å². The number of nitrogens with zero attached hydrogens (tertiary/aromatic N) is 3. The van der Waals surface area contributed by atoms with Gasteiger partial charge in [-0.3, -0.25) is 9.59 Å². The highest BCUT2D eigenvalue weighted by atomic mass is 35.5. The highest BCUT2D eigenvalue weighted by Gasteiger charge is 2.50. The number of carbonyl (C=O) groups excluding carboxylic acids is 2. The second-order valence-electron chi connectivity index (χ2n) is 8.17. The number of sulfonamides is 1. The number of rotatable bonds is 6. The Morgan fingerprint density at radius 2 is 1.74 bits per heavy atom. The summed E-state index contributed by atoms with van der Waals surface area (Å²) in [5.41, 5.74) is 0.823. The molecule has 2 unspecified atom stereocenters. The van der Waals surface area contributed by atoms with Crippen molar-refractivity contribution in [2.45, 2.75) is 36.9 Å². The quantitative estimate of drug-likeness (QED) is 0.578. The number of halogens is 2. The lowest BCUT2D eigenvalue weighted by Crippen LogP contribution is -2.71. The van der Waals surface area contributed by atoms with E-state index in [-0.39, 0.29) is 53.4 Å². The fourth-order valence-corrected chi connectivity index (χ4v) is 6.66. The van der Waals surface area contributed by atoms with E-state index in [9.17, 15) is 18.0 Å². The summed E-state index contributed by atoms with van der Waals surface area (Å²) in [6.45, 7) is 2.30. The van der Waals surface area contributed by atoms with Crippen molar-refractivity contribution < 1.29 is 22.7 Å². The normalized spacial score (nSPS) is 21.5. The number of hydrogen-bond acceptors (Lipinski definition) is 5. The molecule has 182 valence electrons. The average Bonchev–Trinajstić information content (AvgIpc) is 2.81. The zero-order valence-corrected chi connectivity index (χ0v) is 21.1. The number of fused-ring (bicyclic) bond motifs is 1. The van der Waals surface area contributed by atoms with Gasteiger partial charge in [0, 0.05) is 36.0 Å². The highest BCUT2D eigenvalue weighted by molar-refractivity contribution is 7.89. The van der Waals surface area contributed by atoms with E-state index in [2.05, 4.69) is 0 Å². The van der Waals surface area contributed by atoms with Gasteiger partial charge in [-0.1, -0.05) is 35.3 Å². The van der Waals surface area contributed by atoms with E-state index in [0.717, 1.165) is 5.56 Å². The van der Waals surface area contributed by atoms with E-state index in [1.54, 1.807) is 35.2 Å². The van der Waals surface area contributed by atoms with Crippen molar-refractivity contribution in [3.05, 3.63) is 58.1 Å². The molecule has 0 aromatic heterocycles. The van der Waals surface area contributed by atoms with Gasteiger partial charge in [-0.2, -0.15) is 4.31 Å². The lowest BCUT2D eigenvalue weighted by molar-refractivity contribution is -0.164. The van der Waals surface area contributed by atoms with Gasteiger partial charge >= 0.3 is 0 Å². The van der Waals surface area contributed by atoms with Gasteiger partial charge in [0.1, 0.15) is 22.9 Å². The predicted octanol–water partition coefficient (Wildman–Crippen LogP) is 3.02. The van der Waals surface area contributed by atoms with Crippen molar-refractivity contribution >= 4 is 45.0 Å². The van der Waals surface area contributed by atoms with E-state index in [1.807, 2.05) is 6.92 Å². The number of piperazine rings is 1. The first-order valence-electron chi connectivity index (χ1n) is 10.9. The van der Waals surface area contributed by atoms with Crippen molar-refractivity contribution in [3.8, 4) is 5.75 Å². The Morgan fingerprint density at radius 3 is 2.38 bits per heavy atom.